The van der Waals surface area contributed by atoms with Crippen LogP contribution in [0.3, 0.4) is 0 Å². The first-order chi connectivity index (χ1) is 16.5. The number of hydrogen-bond acceptors (Lipinski definition) is 4. The van der Waals surface area contributed by atoms with Gasteiger partial charge in [-0.1, -0.05) is 19.1 Å². The highest BCUT2D eigenvalue weighted by Crippen LogP contribution is 2.40. The van der Waals surface area contributed by atoms with E-state index in [0.29, 0.717) is 30.0 Å². The van der Waals surface area contributed by atoms with Crippen molar-refractivity contribution in [3.05, 3.63) is 53.6 Å². The van der Waals surface area contributed by atoms with Crippen molar-refractivity contribution in [3.63, 3.8) is 0 Å². The van der Waals surface area contributed by atoms with Gasteiger partial charge in [0.05, 0.1) is 11.4 Å². The van der Waals surface area contributed by atoms with Crippen molar-refractivity contribution in [2.45, 2.75) is 52.5 Å². The molecule has 1 saturated heterocycles. The lowest BCUT2D eigenvalue weighted by molar-refractivity contribution is -0.123. The van der Waals surface area contributed by atoms with Crippen LogP contribution >= 0.6 is 0 Å². The van der Waals surface area contributed by atoms with Crippen LogP contribution in [0, 0.1) is 0 Å². The molecule has 1 N–H and O–H groups in total. The van der Waals surface area contributed by atoms with E-state index in [-0.39, 0.29) is 30.3 Å². The van der Waals surface area contributed by atoms with Gasteiger partial charge in [-0.2, -0.15) is 0 Å². The Morgan fingerprint density at radius 3 is 2.41 bits per heavy atom. The van der Waals surface area contributed by atoms with Gasteiger partial charge in [-0.3, -0.25) is 19.3 Å². The molecule has 0 spiro atoms. The number of aryl methyl sites for hydroxylation is 1. The highest BCUT2D eigenvalue weighted by Gasteiger charge is 2.40. The maximum absolute atomic E-state index is 13.5. The molecule has 2 aromatic rings. The molecule has 4 rings (SSSR count). The molecule has 2 aliphatic heterocycles. The number of hydrogen-bond donors (Lipinski definition) is 1. The summed E-state index contributed by atoms with van der Waals surface area (Å²) in [4.78, 5) is 45.0. The van der Waals surface area contributed by atoms with E-state index in [9.17, 15) is 14.4 Å². The van der Waals surface area contributed by atoms with Gasteiger partial charge in [0.25, 0.3) is 5.91 Å². The zero-order valence-corrected chi connectivity index (χ0v) is 20.3. The average Bonchev–Trinajstić information content (AvgIpc) is 2.87. The van der Waals surface area contributed by atoms with Crippen molar-refractivity contribution in [2.75, 3.05) is 41.3 Å². The third kappa shape index (κ3) is 4.65. The van der Waals surface area contributed by atoms with Crippen LogP contribution in [-0.4, -0.2) is 54.8 Å². The largest absolute Gasteiger partial charge is 0.358 e. The molecule has 1 fully saturated rings. The summed E-state index contributed by atoms with van der Waals surface area (Å²) in [6.07, 6.45) is 3.72. The van der Waals surface area contributed by atoms with Crippen molar-refractivity contribution in [2.24, 2.45) is 0 Å². The molecular formula is C27H34N4O3. The zero-order chi connectivity index (χ0) is 24.2. The van der Waals surface area contributed by atoms with E-state index in [1.54, 1.807) is 15.9 Å². The highest BCUT2D eigenvalue weighted by molar-refractivity contribution is 6.11. The summed E-state index contributed by atoms with van der Waals surface area (Å²) >= 11 is 0. The van der Waals surface area contributed by atoms with Crippen LogP contribution in [0.5, 0.6) is 0 Å². The summed E-state index contributed by atoms with van der Waals surface area (Å²) in [5, 5.41) is 2.92. The van der Waals surface area contributed by atoms with E-state index >= 15 is 0 Å². The second kappa shape index (κ2) is 10.3. The highest BCUT2D eigenvalue weighted by atomic mass is 16.2. The van der Waals surface area contributed by atoms with Gasteiger partial charge in [-0.15, -0.1) is 0 Å². The quantitative estimate of drug-likeness (QED) is 0.673. The van der Waals surface area contributed by atoms with Crippen LogP contribution < -0.4 is 15.1 Å². The molecule has 0 radical (unpaired) electrons. The normalized spacial score (nSPS) is 17.1. The third-order valence-corrected chi connectivity index (χ3v) is 6.87. The fraction of sp³-hybridized carbons (Fsp3) is 0.444. The molecule has 7 nitrogen and oxygen atoms in total. The molecular weight excluding hydrogens is 428 g/mol. The molecule has 7 heteroatoms. The van der Waals surface area contributed by atoms with E-state index in [1.165, 1.54) is 5.56 Å². The van der Waals surface area contributed by atoms with E-state index in [1.807, 2.05) is 50.2 Å². The fourth-order valence-corrected chi connectivity index (χ4v) is 4.92. The molecule has 34 heavy (non-hydrogen) atoms. The molecule has 1 atom stereocenters. The zero-order valence-electron chi connectivity index (χ0n) is 20.3. The van der Waals surface area contributed by atoms with Crippen LogP contribution in [-0.2, 0) is 16.0 Å². The lowest BCUT2D eigenvalue weighted by atomic mass is 9.95. The van der Waals surface area contributed by atoms with Crippen LogP contribution in [0.2, 0.25) is 0 Å². The van der Waals surface area contributed by atoms with Gasteiger partial charge in [0.1, 0.15) is 12.6 Å². The van der Waals surface area contributed by atoms with Gasteiger partial charge in [0, 0.05) is 30.9 Å². The van der Waals surface area contributed by atoms with E-state index in [4.69, 9.17) is 0 Å². The van der Waals surface area contributed by atoms with Crippen molar-refractivity contribution in [3.8, 4) is 0 Å². The van der Waals surface area contributed by atoms with E-state index < -0.39 is 0 Å². The number of carbonyl (C=O) groups excluding carboxylic acids is 3. The minimum atomic E-state index is -0.262. The van der Waals surface area contributed by atoms with Gasteiger partial charge in [-0.05, 0) is 75.4 Å². The first-order valence-electron chi connectivity index (χ1n) is 12.4. The topological polar surface area (TPSA) is 73.0 Å². The Morgan fingerprint density at radius 1 is 1.00 bits per heavy atom. The van der Waals surface area contributed by atoms with Gasteiger partial charge < -0.3 is 15.1 Å². The fourth-order valence-electron chi connectivity index (χ4n) is 4.92. The minimum Gasteiger partial charge on any atom is -0.358 e. The average molecular weight is 463 g/mol. The number of anilines is 3. The number of piperidine rings is 1. The van der Waals surface area contributed by atoms with Crippen molar-refractivity contribution >= 4 is 34.8 Å². The van der Waals surface area contributed by atoms with Gasteiger partial charge in [-0.25, -0.2) is 0 Å². The Bertz CT molecular complexity index is 1060. The number of rotatable bonds is 7. The molecule has 2 aromatic carbocycles. The second-order valence-electron chi connectivity index (χ2n) is 8.91. The Balaban J connectivity index is 1.64. The molecule has 2 heterocycles. The number of carbonyl (C=O) groups is 3. The number of nitrogens with one attached hydrogen (secondary N) is 1. The first-order valence-corrected chi connectivity index (χ1v) is 12.4. The molecule has 0 aromatic heterocycles. The van der Waals surface area contributed by atoms with Gasteiger partial charge >= 0.3 is 0 Å². The predicted octanol–water partition coefficient (Wildman–Crippen LogP) is 4.08. The number of benzene rings is 2. The second-order valence-corrected chi connectivity index (χ2v) is 8.91. The summed E-state index contributed by atoms with van der Waals surface area (Å²) in [5.74, 6) is -0.397. The molecule has 3 amide bonds. The van der Waals surface area contributed by atoms with Gasteiger partial charge in [0.15, 0.2) is 0 Å². The van der Waals surface area contributed by atoms with E-state index in [0.717, 1.165) is 37.9 Å². The molecule has 180 valence electrons. The maximum Gasteiger partial charge on any atom is 0.253 e. The van der Waals surface area contributed by atoms with Crippen molar-refractivity contribution in [1.82, 2.24) is 4.90 Å². The minimum absolute atomic E-state index is 0.0681. The molecule has 0 aliphatic carbocycles. The summed E-state index contributed by atoms with van der Waals surface area (Å²) in [6, 6.07) is 13.0. The number of nitrogens with zero attached hydrogens (tertiary/aromatic N) is 3. The lowest BCUT2D eigenvalue weighted by Gasteiger charge is -2.45. The Labute approximate surface area is 201 Å². The molecule has 0 bridgehead atoms. The SMILES string of the molecule is CCc1ccc(NC(=O)CN2C(=O)[C@@H]3CCCCN3c3ccc(C(=O)N(CC)CC)cc32)cc1. The lowest BCUT2D eigenvalue weighted by Crippen LogP contribution is -2.56. The molecule has 0 saturated carbocycles. The molecule has 0 unspecified atom stereocenters. The van der Waals surface area contributed by atoms with Gasteiger partial charge in [0.2, 0.25) is 11.8 Å². The van der Waals surface area contributed by atoms with Crippen molar-refractivity contribution in [1.29, 1.82) is 0 Å². The smallest absolute Gasteiger partial charge is 0.253 e. The monoisotopic (exact) mass is 462 g/mol. The Kier molecular flexibility index (Phi) is 7.20. The van der Waals surface area contributed by atoms with Crippen LogP contribution in [0.25, 0.3) is 0 Å². The third-order valence-electron chi connectivity index (χ3n) is 6.87. The summed E-state index contributed by atoms with van der Waals surface area (Å²) in [7, 11) is 0. The number of fused-ring (bicyclic) bond motifs is 3. The maximum atomic E-state index is 13.5. The summed E-state index contributed by atoms with van der Waals surface area (Å²) in [6.45, 7) is 7.92. The van der Waals surface area contributed by atoms with Crippen LogP contribution in [0.15, 0.2) is 42.5 Å². The first kappa shape index (κ1) is 23.8. The summed E-state index contributed by atoms with van der Waals surface area (Å²) in [5.41, 5.74) is 3.99. The van der Waals surface area contributed by atoms with Crippen molar-refractivity contribution < 1.29 is 14.4 Å². The Morgan fingerprint density at radius 2 is 1.74 bits per heavy atom. The van der Waals surface area contributed by atoms with Crippen LogP contribution in [0.1, 0.15) is 56.0 Å². The number of amides is 3. The summed E-state index contributed by atoms with van der Waals surface area (Å²) < 4.78 is 0. The Hall–Kier alpha value is -3.35. The predicted molar refractivity (Wildman–Crippen MR) is 135 cm³/mol. The standard InChI is InChI=1S/C27H34N4O3/c1-4-19-10-13-21(14-11-19)28-25(32)18-31-24-17-20(26(33)29(5-2)6-3)12-15-22(24)30-16-8-7-9-23(30)27(31)34/h10-15,17,23H,4-9,16,18H2,1-3H3,(H,28,32)/t23-/m0/s1. The van der Waals surface area contributed by atoms with Crippen LogP contribution in [0.4, 0.5) is 17.1 Å². The molecule has 2 aliphatic rings. The van der Waals surface area contributed by atoms with E-state index in [2.05, 4.69) is 17.1 Å².